The van der Waals surface area contributed by atoms with Crippen molar-refractivity contribution in [2.75, 3.05) is 6.61 Å². The van der Waals surface area contributed by atoms with E-state index in [9.17, 15) is 9.90 Å². The third kappa shape index (κ3) is 3.57. The molecular formula is C16H25NO4. The van der Waals surface area contributed by atoms with Gasteiger partial charge in [0.25, 0.3) is 0 Å². The molecule has 0 amide bonds. The van der Waals surface area contributed by atoms with Gasteiger partial charge in [0.2, 0.25) is 0 Å². The number of aliphatic hydroxyl groups excluding tert-OH is 1. The van der Waals surface area contributed by atoms with Crippen molar-refractivity contribution in [2.24, 2.45) is 5.16 Å². The summed E-state index contributed by atoms with van der Waals surface area (Å²) in [6.07, 6.45) is 6.74. The Kier molecular flexibility index (Phi) is 5.26. The molecule has 0 aromatic rings. The number of carbonyl (C=O) groups is 1. The fourth-order valence-corrected chi connectivity index (χ4v) is 3.15. The molecule has 2 aliphatic rings. The maximum Gasteiger partial charge on any atom is 0.344 e. The molecule has 5 nitrogen and oxygen atoms in total. The summed E-state index contributed by atoms with van der Waals surface area (Å²) in [5, 5.41) is 14.4. The van der Waals surface area contributed by atoms with Crippen molar-refractivity contribution in [3.8, 4) is 0 Å². The average Bonchev–Trinajstić information content (AvgIpc) is 2.44. The minimum atomic E-state index is -0.494. The molecule has 1 saturated carbocycles. The molecule has 0 aromatic carbocycles. The van der Waals surface area contributed by atoms with Crippen molar-refractivity contribution >= 4 is 11.7 Å². The minimum Gasteiger partial charge on any atom is -0.511 e. The number of hydrogen-bond acceptors (Lipinski definition) is 5. The summed E-state index contributed by atoms with van der Waals surface area (Å²) in [4.78, 5) is 17.5. The van der Waals surface area contributed by atoms with Crippen molar-refractivity contribution < 1.29 is 19.5 Å². The fraction of sp³-hybridized carbons (Fsp3) is 0.750. The molecule has 1 fully saturated rings. The van der Waals surface area contributed by atoms with Crippen molar-refractivity contribution in [1.82, 2.24) is 0 Å². The van der Waals surface area contributed by atoms with Gasteiger partial charge in [0.05, 0.1) is 5.71 Å². The molecule has 1 aliphatic carbocycles. The Hall–Kier alpha value is -1.52. The number of ether oxygens (including phenoxy) is 1. The summed E-state index contributed by atoms with van der Waals surface area (Å²) in [5.74, 6) is -0.340. The lowest BCUT2D eigenvalue weighted by Gasteiger charge is -2.39. The van der Waals surface area contributed by atoms with Crippen molar-refractivity contribution in [3.05, 3.63) is 11.3 Å². The smallest absolute Gasteiger partial charge is 0.344 e. The van der Waals surface area contributed by atoms with Gasteiger partial charge in [-0.3, -0.25) is 0 Å². The highest BCUT2D eigenvalue weighted by Gasteiger charge is 2.43. The maximum atomic E-state index is 12.4. The van der Waals surface area contributed by atoms with Crippen LogP contribution >= 0.6 is 0 Å². The highest BCUT2D eigenvalue weighted by atomic mass is 16.6. The van der Waals surface area contributed by atoms with Crippen molar-refractivity contribution in [1.29, 1.82) is 0 Å². The molecule has 0 atom stereocenters. The van der Waals surface area contributed by atoms with E-state index in [1.54, 1.807) is 0 Å². The van der Waals surface area contributed by atoms with Crippen LogP contribution in [0.5, 0.6) is 0 Å². The van der Waals surface area contributed by atoms with Crippen LogP contribution < -0.4 is 0 Å². The quantitative estimate of drug-likeness (QED) is 0.477. The van der Waals surface area contributed by atoms with Gasteiger partial charge in [-0.15, -0.1) is 0 Å². The molecule has 1 spiro atoms. The fourth-order valence-electron chi connectivity index (χ4n) is 3.15. The van der Waals surface area contributed by atoms with Crippen LogP contribution in [0.2, 0.25) is 0 Å². The number of esters is 1. The summed E-state index contributed by atoms with van der Waals surface area (Å²) in [7, 11) is 0. The largest absolute Gasteiger partial charge is 0.511 e. The number of rotatable bonds is 5. The van der Waals surface area contributed by atoms with Crippen molar-refractivity contribution in [2.45, 2.75) is 70.8 Å². The molecule has 0 unspecified atom stereocenters. The van der Waals surface area contributed by atoms with Crippen LogP contribution in [-0.2, 0) is 14.4 Å². The van der Waals surface area contributed by atoms with Gasteiger partial charge in [-0.25, -0.2) is 4.79 Å². The lowest BCUT2D eigenvalue weighted by molar-refractivity contribution is -0.161. The van der Waals surface area contributed by atoms with Crippen LogP contribution in [0.25, 0.3) is 0 Å². The summed E-state index contributed by atoms with van der Waals surface area (Å²) in [5.41, 5.74) is 0.209. The van der Waals surface area contributed by atoms with Crippen LogP contribution in [-0.4, -0.2) is 29.0 Å². The Labute approximate surface area is 126 Å². The highest BCUT2D eigenvalue weighted by Crippen LogP contribution is 2.40. The van der Waals surface area contributed by atoms with Crippen LogP contribution in [0.4, 0.5) is 0 Å². The minimum absolute atomic E-state index is 0.111. The topological polar surface area (TPSA) is 68.1 Å². The lowest BCUT2D eigenvalue weighted by Crippen LogP contribution is -2.43. The maximum absolute atomic E-state index is 12.4. The van der Waals surface area contributed by atoms with Crippen LogP contribution in [0.1, 0.15) is 65.2 Å². The molecule has 118 valence electrons. The van der Waals surface area contributed by atoms with E-state index in [4.69, 9.17) is 9.57 Å². The monoisotopic (exact) mass is 295 g/mol. The first kappa shape index (κ1) is 15.9. The molecule has 1 aliphatic heterocycles. The lowest BCUT2D eigenvalue weighted by atomic mass is 9.79. The molecule has 0 bridgehead atoms. The van der Waals surface area contributed by atoms with Gasteiger partial charge in [-0.2, -0.15) is 0 Å². The average molecular weight is 295 g/mol. The van der Waals surface area contributed by atoms with Gasteiger partial charge in [-0.05, 0) is 39.0 Å². The van der Waals surface area contributed by atoms with E-state index in [1.165, 1.54) is 6.42 Å². The number of aliphatic hydroxyl groups is 1. The van der Waals surface area contributed by atoms with Crippen LogP contribution in [0, 0.1) is 0 Å². The van der Waals surface area contributed by atoms with Gasteiger partial charge in [0.1, 0.15) is 23.5 Å². The Balaban J connectivity index is 2.25. The SMILES string of the molecule is CCC/C(=N\OCC)C1=C(O)CC2(CCCCC2)OC1=O. The molecule has 0 saturated heterocycles. The van der Waals surface area contributed by atoms with E-state index < -0.39 is 11.6 Å². The van der Waals surface area contributed by atoms with Gasteiger partial charge in [-0.1, -0.05) is 24.9 Å². The zero-order chi connectivity index (χ0) is 15.3. The number of oxime groups is 1. The molecular weight excluding hydrogens is 270 g/mol. The first-order chi connectivity index (χ1) is 10.1. The molecule has 21 heavy (non-hydrogen) atoms. The predicted octanol–water partition coefficient (Wildman–Crippen LogP) is 3.64. The van der Waals surface area contributed by atoms with Gasteiger partial charge in [0, 0.05) is 6.42 Å². The van der Waals surface area contributed by atoms with Gasteiger partial charge >= 0.3 is 5.97 Å². The molecule has 0 radical (unpaired) electrons. The predicted molar refractivity (Wildman–Crippen MR) is 80.1 cm³/mol. The van der Waals surface area contributed by atoms with Crippen LogP contribution in [0.15, 0.2) is 16.5 Å². The first-order valence-electron chi connectivity index (χ1n) is 7.96. The van der Waals surface area contributed by atoms with E-state index in [1.807, 2.05) is 13.8 Å². The van der Waals surface area contributed by atoms with E-state index in [2.05, 4.69) is 5.16 Å². The van der Waals surface area contributed by atoms with E-state index in [-0.39, 0.29) is 11.3 Å². The van der Waals surface area contributed by atoms with E-state index in [0.29, 0.717) is 25.2 Å². The van der Waals surface area contributed by atoms with E-state index in [0.717, 1.165) is 32.1 Å². The molecule has 0 aromatic heterocycles. The summed E-state index contributed by atoms with van der Waals surface area (Å²) in [6, 6.07) is 0. The summed E-state index contributed by atoms with van der Waals surface area (Å²) < 4.78 is 5.71. The van der Waals surface area contributed by atoms with E-state index >= 15 is 0 Å². The first-order valence-corrected chi connectivity index (χ1v) is 7.96. The number of nitrogens with zero attached hydrogens (tertiary/aromatic N) is 1. The third-order valence-corrected chi connectivity index (χ3v) is 4.14. The Morgan fingerprint density at radius 2 is 2.05 bits per heavy atom. The molecule has 2 rings (SSSR count). The zero-order valence-corrected chi connectivity index (χ0v) is 13.0. The van der Waals surface area contributed by atoms with Gasteiger partial charge < -0.3 is 14.7 Å². The Bertz CT molecular complexity index is 447. The Morgan fingerprint density at radius 1 is 1.33 bits per heavy atom. The third-order valence-electron chi connectivity index (χ3n) is 4.14. The summed E-state index contributed by atoms with van der Waals surface area (Å²) in [6.45, 7) is 4.26. The van der Waals surface area contributed by atoms with Gasteiger partial charge in [0.15, 0.2) is 0 Å². The molecule has 5 heteroatoms. The number of carbonyl (C=O) groups excluding carboxylic acids is 1. The Morgan fingerprint density at radius 3 is 2.62 bits per heavy atom. The second-order valence-electron chi connectivity index (χ2n) is 5.84. The number of hydrogen-bond donors (Lipinski definition) is 1. The molecule has 1 heterocycles. The normalized spacial score (nSPS) is 22.4. The second-order valence-corrected chi connectivity index (χ2v) is 5.84. The molecule has 1 N–H and O–H groups in total. The van der Waals surface area contributed by atoms with Crippen molar-refractivity contribution in [3.63, 3.8) is 0 Å². The van der Waals surface area contributed by atoms with Crippen LogP contribution in [0.3, 0.4) is 0 Å². The summed E-state index contributed by atoms with van der Waals surface area (Å²) >= 11 is 0. The highest BCUT2D eigenvalue weighted by molar-refractivity contribution is 6.20. The zero-order valence-electron chi connectivity index (χ0n) is 13.0. The second kappa shape index (κ2) is 6.96. The standard InChI is InChI=1S/C16H25NO4/c1-3-8-12(17-20-4-2)14-13(18)11-16(21-15(14)19)9-6-5-7-10-16/h18H,3-11H2,1-2H3/b17-12+.